The number of carbonyl (C=O) groups is 1. The molecule has 1 aromatic carbocycles. The van der Waals surface area contributed by atoms with Gasteiger partial charge in [0.25, 0.3) is 0 Å². The predicted octanol–water partition coefficient (Wildman–Crippen LogP) is 2.70. The third-order valence-electron chi connectivity index (χ3n) is 4.20. The largest absolute Gasteiger partial charge is 0.322 e. The number of amides is 1. The van der Waals surface area contributed by atoms with E-state index in [4.69, 9.17) is 0 Å². The second kappa shape index (κ2) is 5.33. The van der Waals surface area contributed by atoms with Crippen molar-refractivity contribution in [1.29, 1.82) is 0 Å². The van der Waals surface area contributed by atoms with Crippen molar-refractivity contribution in [3.05, 3.63) is 35.9 Å². The summed E-state index contributed by atoms with van der Waals surface area (Å²) in [7, 11) is 0. The average molecular weight is 258 g/mol. The van der Waals surface area contributed by atoms with Crippen LogP contribution in [-0.2, 0) is 4.79 Å². The smallest absolute Gasteiger partial charge is 0.241 e. The Hall–Kier alpha value is -1.35. The van der Waals surface area contributed by atoms with E-state index in [2.05, 4.69) is 17.4 Å². The summed E-state index contributed by atoms with van der Waals surface area (Å²) in [6, 6.07) is 10.2. The van der Waals surface area contributed by atoms with E-state index in [0.29, 0.717) is 0 Å². The number of nitrogens with zero attached hydrogens (tertiary/aromatic N) is 1. The molecule has 1 saturated carbocycles. The molecule has 19 heavy (non-hydrogen) atoms. The molecule has 1 aliphatic carbocycles. The van der Waals surface area contributed by atoms with Crippen LogP contribution in [0.4, 0.5) is 0 Å². The quantitative estimate of drug-likeness (QED) is 0.880. The molecule has 0 radical (unpaired) electrons. The summed E-state index contributed by atoms with van der Waals surface area (Å²) >= 11 is 0. The fourth-order valence-corrected chi connectivity index (χ4v) is 2.88. The SMILES string of the molecule is CC1NC(c2ccccc2)N(CCCC2CC2)C1=O. The molecule has 2 unspecified atom stereocenters. The van der Waals surface area contributed by atoms with Crippen molar-refractivity contribution in [1.82, 2.24) is 10.2 Å². The summed E-state index contributed by atoms with van der Waals surface area (Å²) in [5.74, 6) is 1.18. The van der Waals surface area contributed by atoms with Crippen LogP contribution in [-0.4, -0.2) is 23.4 Å². The molecule has 1 heterocycles. The van der Waals surface area contributed by atoms with Crippen LogP contribution in [0.3, 0.4) is 0 Å². The molecule has 2 atom stereocenters. The van der Waals surface area contributed by atoms with E-state index in [1.165, 1.54) is 24.8 Å². The van der Waals surface area contributed by atoms with Crippen LogP contribution < -0.4 is 5.32 Å². The normalized spacial score (nSPS) is 27.0. The lowest BCUT2D eigenvalue weighted by Crippen LogP contribution is -2.31. The first kappa shape index (κ1) is 12.7. The lowest BCUT2D eigenvalue weighted by atomic mass is 10.1. The zero-order valence-electron chi connectivity index (χ0n) is 11.5. The van der Waals surface area contributed by atoms with E-state index in [1.807, 2.05) is 30.0 Å². The molecule has 3 rings (SSSR count). The van der Waals surface area contributed by atoms with Gasteiger partial charge >= 0.3 is 0 Å². The fourth-order valence-electron chi connectivity index (χ4n) is 2.88. The van der Waals surface area contributed by atoms with Gasteiger partial charge in [0.15, 0.2) is 0 Å². The number of hydrogen-bond donors (Lipinski definition) is 1. The molecule has 1 amide bonds. The van der Waals surface area contributed by atoms with Gasteiger partial charge in [0.05, 0.1) is 6.04 Å². The monoisotopic (exact) mass is 258 g/mol. The van der Waals surface area contributed by atoms with Gasteiger partial charge in [-0.25, -0.2) is 0 Å². The van der Waals surface area contributed by atoms with Gasteiger partial charge in [0.1, 0.15) is 6.17 Å². The van der Waals surface area contributed by atoms with Gasteiger partial charge < -0.3 is 4.90 Å². The fraction of sp³-hybridized carbons (Fsp3) is 0.562. The Labute approximate surface area is 115 Å². The van der Waals surface area contributed by atoms with Crippen molar-refractivity contribution < 1.29 is 4.79 Å². The van der Waals surface area contributed by atoms with Crippen molar-refractivity contribution in [3.8, 4) is 0 Å². The van der Waals surface area contributed by atoms with Gasteiger partial charge in [0, 0.05) is 6.54 Å². The Kier molecular flexibility index (Phi) is 3.56. The molecular formula is C16H22N2O. The van der Waals surface area contributed by atoms with E-state index in [9.17, 15) is 4.79 Å². The Morgan fingerprint density at radius 2 is 2.00 bits per heavy atom. The predicted molar refractivity (Wildman–Crippen MR) is 75.5 cm³/mol. The van der Waals surface area contributed by atoms with Crippen molar-refractivity contribution >= 4 is 5.91 Å². The molecule has 102 valence electrons. The first-order valence-electron chi connectivity index (χ1n) is 7.37. The number of benzene rings is 1. The standard InChI is InChI=1S/C16H22N2O/c1-12-16(19)18(11-5-6-13-9-10-13)15(17-12)14-7-3-2-4-8-14/h2-4,7-8,12-13,15,17H,5-6,9-11H2,1H3. The van der Waals surface area contributed by atoms with Gasteiger partial charge in [-0.3, -0.25) is 10.1 Å². The topological polar surface area (TPSA) is 32.3 Å². The molecule has 0 spiro atoms. The van der Waals surface area contributed by atoms with Crippen LogP contribution in [0.15, 0.2) is 30.3 Å². The van der Waals surface area contributed by atoms with Crippen molar-refractivity contribution in [2.45, 2.75) is 44.8 Å². The summed E-state index contributed by atoms with van der Waals surface area (Å²) in [5, 5.41) is 3.40. The van der Waals surface area contributed by atoms with Crippen molar-refractivity contribution in [2.24, 2.45) is 5.92 Å². The number of nitrogens with one attached hydrogen (secondary N) is 1. The van der Waals surface area contributed by atoms with Crippen LogP contribution >= 0.6 is 0 Å². The number of carbonyl (C=O) groups excluding carboxylic acids is 1. The van der Waals surface area contributed by atoms with Crippen LogP contribution in [0.25, 0.3) is 0 Å². The highest BCUT2D eigenvalue weighted by Crippen LogP contribution is 2.34. The maximum atomic E-state index is 12.2. The Balaban J connectivity index is 1.67. The maximum absolute atomic E-state index is 12.2. The summed E-state index contributed by atoms with van der Waals surface area (Å²) in [6.45, 7) is 2.84. The molecule has 3 nitrogen and oxygen atoms in total. The number of hydrogen-bond acceptors (Lipinski definition) is 2. The molecule has 2 aliphatic rings. The highest BCUT2D eigenvalue weighted by Gasteiger charge is 2.36. The molecule has 2 fully saturated rings. The Morgan fingerprint density at radius 3 is 2.68 bits per heavy atom. The van der Waals surface area contributed by atoms with Crippen molar-refractivity contribution in [3.63, 3.8) is 0 Å². The Morgan fingerprint density at radius 1 is 1.26 bits per heavy atom. The summed E-state index contributed by atoms with van der Waals surface area (Å²) < 4.78 is 0. The molecular weight excluding hydrogens is 236 g/mol. The molecule has 0 bridgehead atoms. The molecule has 1 saturated heterocycles. The highest BCUT2D eigenvalue weighted by molar-refractivity contribution is 5.84. The molecule has 3 heteroatoms. The first-order valence-corrected chi connectivity index (χ1v) is 7.37. The molecule has 1 aromatic rings. The van der Waals surface area contributed by atoms with Gasteiger partial charge in [-0.2, -0.15) is 0 Å². The van der Waals surface area contributed by atoms with Crippen molar-refractivity contribution in [2.75, 3.05) is 6.54 Å². The third-order valence-corrected chi connectivity index (χ3v) is 4.20. The van der Waals surface area contributed by atoms with Crippen LogP contribution in [0.5, 0.6) is 0 Å². The van der Waals surface area contributed by atoms with Crippen LogP contribution in [0, 0.1) is 5.92 Å². The third kappa shape index (κ3) is 2.81. The second-order valence-corrected chi connectivity index (χ2v) is 5.82. The van der Waals surface area contributed by atoms with Gasteiger partial charge in [-0.1, -0.05) is 43.2 Å². The molecule has 0 aromatic heterocycles. The lowest BCUT2D eigenvalue weighted by molar-refractivity contribution is -0.129. The number of rotatable bonds is 5. The minimum atomic E-state index is -0.0638. The van der Waals surface area contributed by atoms with E-state index in [1.54, 1.807) is 0 Å². The minimum Gasteiger partial charge on any atom is -0.322 e. The van der Waals surface area contributed by atoms with E-state index in [0.717, 1.165) is 18.9 Å². The van der Waals surface area contributed by atoms with E-state index >= 15 is 0 Å². The van der Waals surface area contributed by atoms with Crippen LogP contribution in [0.2, 0.25) is 0 Å². The molecule has 1 aliphatic heterocycles. The summed E-state index contributed by atoms with van der Waals surface area (Å²) in [6.07, 6.45) is 5.26. The highest BCUT2D eigenvalue weighted by atomic mass is 16.2. The maximum Gasteiger partial charge on any atom is 0.241 e. The first-order chi connectivity index (χ1) is 9.25. The van der Waals surface area contributed by atoms with Gasteiger partial charge in [-0.05, 0) is 31.2 Å². The second-order valence-electron chi connectivity index (χ2n) is 5.82. The minimum absolute atomic E-state index is 0.0582. The zero-order chi connectivity index (χ0) is 13.2. The van der Waals surface area contributed by atoms with Crippen LogP contribution in [0.1, 0.15) is 44.3 Å². The average Bonchev–Trinajstić information content (AvgIpc) is 3.21. The molecule has 1 N–H and O–H groups in total. The Bertz CT molecular complexity index is 441. The van der Waals surface area contributed by atoms with E-state index in [-0.39, 0.29) is 18.1 Å². The van der Waals surface area contributed by atoms with Gasteiger partial charge in [0.2, 0.25) is 5.91 Å². The summed E-state index contributed by atoms with van der Waals surface area (Å²) in [5.41, 5.74) is 1.19. The summed E-state index contributed by atoms with van der Waals surface area (Å²) in [4.78, 5) is 14.3. The lowest BCUT2D eigenvalue weighted by Gasteiger charge is -2.24. The van der Waals surface area contributed by atoms with E-state index < -0.39 is 0 Å². The van der Waals surface area contributed by atoms with Gasteiger partial charge in [-0.15, -0.1) is 0 Å². The zero-order valence-corrected chi connectivity index (χ0v) is 11.5.